The molecule has 0 radical (unpaired) electrons. The van der Waals surface area contributed by atoms with Crippen LogP contribution in [0, 0.1) is 41.5 Å². The summed E-state index contributed by atoms with van der Waals surface area (Å²) in [5, 5.41) is 2.64. The predicted molar refractivity (Wildman–Crippen MR) is 99.1 cm³/mol. The van der Waals surface area contributed by atoms with Gasteiger partial charge in [-0.1, -0.05) is 0 Å². The number of benzene rings is 1. The minimum absolute atomic E-state index is 0.0246. The van der Waals surface area contributed by atoms with Crippen LogP contribution in [-0.4, -0.2) is 19.3 Å². The van der Waals surface area contributed by atoms with Crippen molar-refractivity contribution in [1.29, 1.82) is 0 Å². The van der Waals surface area contributed by atoms with Gasteiger partial charge in [0.05, 0.1) is 22.0 Å². The summed E-state index contributed by atoms with van der Waals surface area (Å²) >= 11 is 1.45. The summed E-state index contributed by atoms with van der Waals surface area (Å²) in [7, 11) is -3.87. The van der Waals surface area contributed by atoms with E-state index < -0.39 is 15.9 Å². The van der Waals surface area contributed by atoms with Crippen molar-refractivity contribution < 1.29 is 13.2 Å². The molecule has 0 aliphatic carbocycles. The van der Waals surface area contributed by atoms with Crippen LogP contribution in [0.3, 0.4) is 0 Å². The average Bonchev–Trinajstić information content (AvgIpc) is 2.94. The van der Waals surface area contributed by atoms with Crippen LogP contribution in [0.25, 0.3) is 0 Å². The molecule has 0 atom stereocenters. The highest BCUT2D eigenvalue weighted by atomic mass is 32.2. The average molecular weight is 382 g/mol. The first-order valence-electron chi connectivity index (χ1n) is 7.83. The molecule has 2 N–H and O–H groups in total. The summed E-state index contributed by atoms with van der Waals surface area (Å²) in [6, 6.07) is 0. The van der Waals surface area contributed by atoms with E-state index in [-0.39, 0.29) is 11.3 Å². The minimum atomic E-state index is -3.87. The zero-order valence-electron chi connectivity index (χ0n) is 15.3. The fourth-order valence-electron chi connectivity index (χ4n) is 2.74. The molecule has 0 aliphatic heterocycles. The highest BCUT2D eigenvalue weighted by molar-refractivity contribution is 7.89. The van der Waals surface area contributed by atoms with Gasteiger partial charge in [-0.25, -0.2) is 13.4 Å². The lowest BCUT2D eigenvalue weighted by molar-refractivity contribution is -0.120. The Hall–Kier alpha value is -1.77. The molecule has 6 nitrogen and oxygen atoms in total. The van der Waals surface area contributed by atoms with Crippen molar-refractivity contribution in [3.8, 4) is 0 Å². The van der Waals surface area contributed by atoms with Crippen molar-refractivity contribution >= 4 is 27.3 Å². The van der Waals surface area contributed by atoms with Gasteiger partial charge < -0.3 is 0 Å². The first-order chi connectivity index (χ1) is 11.5. The number of rotatable bonds is 5. The molecule has 1 amide bonds. The summed E-state index contributed by atoms with van der Waals surface area (Å²) in [6.45, 7) is 11.2. The zero-order chi connectivity index (χ0) is 18.9. The van der Waals surface area contributed by atoms with Crippen LogP contribution < -0.4 is 10.3 Å². The minimum Gasteiger partial charge on any atom is -0.277 e. The number of carbonyl (C=O) groups is 1. The maximum atomic E-state index is 12.7. The molecule has 1 aromatic carbocycles. The number of hydrazine groups is 1. The second kappa shape index (κ2) is 7.23. The number of sulfonamides is 1. The second-order valence-corrected chi connectivity index (χ2v) is 8.82. The fourth-order valence-corrected chi connectivity index (χ4v) is 4.82. The molecule has 0 spiro atoms. The third-order valence-corrected chi connectivity index (χ3v) is 6.88. The normalized spacial score (nSPS) is 11.6. The molecule has 2 aromatic rings. The van der Waals surface area contributed by atoms with Crippen LogP contribution in [0.1, 0.15) is 38.5 Å². The molecule has 2 rings (SSSR count). The lowest BCUT2D eigenvalue weighted by Gasteiger charge is -2.19. The smallest absolute Gasteiger partial charge is 0.257 e. The number of amides is 1. The molecule has 0 saturated carbocycles. The zero-order valence-corrected chi connectivity index (χ0v) is 16.9. The van der Waals surface area contributed by atoms with Gasteiger partial charge in [0, 0.05) is 5.38 Å². The first-order valence-corrected chi connectivity index (χ1v) is 10.2. The van der Waals surface area contributed by atoms with Crippen LogP contribution in [-0.2, 0) is 21.2 Å². The Morgan fingerprint density at radius 1 is 1.00 bits per heavy atom. The van der Waals surface area contributed by atoms with Crippen LogP contribution in [0.15, 0.2) is 10.3 Å². The van der Waals surface area contributed by atoms with E-state index >= 15 is 0 Å². The monoisotopic (exact) mass is 381 g/mol. The lowest BCUT2D eigenvalue weighted by Crippen LogP contribution is -2.42. The van der Waals surface area contributed by atoms with Gasteiger partial charge in [-0.2, -0.15) is 0 Å². The Morgan fingerprint density at radius 3 is 2.00 bits per heavy atom. The highest BCUT2D eigenvalue weighted by Crippen LogP contribution is 2.29. The van der Waals surface area contributed by atoms with E-state index in [0.717, 1.165) is 21.7 Å². The topological polar surface area (TPSA) is 88.2 Å². The fraction of sp³-hybridized carbons (Fsp3) is 0.412. The number of nitrogens with zero attached hydrogens (tertiary/aromatic N) is 1. The summed E-state index contributed by atoms with van der Waals surface area (Å²) in [5.74, 6) is -0.454. The Bertz CT molecular complexity index is 902. The summed E-state index contributed by atoms with van der Waals surface area (Å²) in [4.78, 5) is 18.6. The van der Waals surface area contributed by atoms with Crippen molar-refractivity contribution in [3.63, 3.8) is 0 Å². The maximum absolute atomic E-state index is 12.7. The Kier molecular flexibility index (Phi) is 5.65. The van der Waals surface area contributed by atoms with Crippen LogP contribution in [0.4, 0.5) is 0 Å². The van der Waals surface area contributed by atoms with Gasteiger partial charge in [0.15, 0.2) is 0 Å². The molecule has 8 heteroatoms. The molecule has 0 bridgehead atoms. The van der Waals surface area contributed by atoms with Gasteiger partial charge >= 0.3 is 0 Å². The third kappa shape index (κ3) is 4.08. The molecule has 0 fully saturated rings. The largest absolute Gasteiger partial charge is 0.277 e. The molecule has 1 heterocycles. The van der Waals surface area contributed by atoms with Crippen molar-refractivity contribution in [2.45, 2.75) is 52.9 Å². The number of nitrogens with one attached hydrogen (secondary N) is 2. The summed E-state index contributed by atoms with van der Waals surface area (Å²) < 4.78 is 25.4. The Labute approximate surface area is 152 Å². The van der Waals surface area contributed by atoms with Gasteiger partial charge in [-0.3, -0.25) is 10.2 Å². The van der Waals surface area contributed by atoms with Crippen LogP contribution in [0.5, 0.6) is 0 Å². The number of carbonyl (C=O) groups excluding carboxylic acids is 1. The van der Waals surface area contributed by atoms with Gasteiger partial charge in [-0.15, -0.1) is 16.2 Å². The molecule has 0 saturated heterocycles. The van der Waals surface area contributed by atoms with Gasteiger partial charge in [0.1, 0.15) is 0 Å². The third-order valence-electron chi connectivity index (χ3n) is 4.53. The van der Waals surface area contributed by atoms with Crippen molar-refractivity contribution in [2.24, 2.45) is 0 Å². The molecule has 136 valence electrons. The maximum Gasteiger partial charge on any atom is 0.257 e. The van der Waals surface area contributed by atoms with E-state index in [1.54, 1.807) is 19.2 Å². The second-order valence-electron chi connectivity index (χ2n) is 6.14. The van der Waals surface area contributed by atoms with E-state index in [4.69, 9.17) is 0 Å². The van der Waals surface area contributed by atoms with Gasteiger partial charge in [0.2, 0.25) is 5.91 Å². The number of thiazole rings is 1. The van der Waals surface area contributed by atoms with Gasteiger partial charge in [-0.05, 0) is 69.4 Å². The van der Waals surface area contributed by atoms with Gasteiger partial charge in [0.25, 0.3) is 10.0 Å². The first kappa shape index (κ1) is 19.6. The summed E-state index contributed by atoms with van der Waals surface area (Å²) in [6.07, 6.45) is 0.0246. The van der Waals surface area contributed by atoms with E-state index in [2.05, 4.69) is 15.2 Å². The highest BCUT2D eigenvalue weighted by Gasteiger charge is 2.24. The molecular formula is C17H23N3O3S2. The van der Waals surface area contributed by atoms with E-state index in [9.17, 15) is 13.2 Å². The lowest BCUT2D eigenvalue weighted by atomic mass is 9.95. The van der Waals surface area contributed by atoms with E-state index in [1.807, 2.05) is 27.7 Å². The molecule has 0 unspecified atom stereocenters. The number of aromatic nitrogens is 1. The summed E-state index contributed by atoms with van der Waals surface area (Å²) in [5.41, 5.74) is 7.23. The van der Waals surface area contributed by atoms with E-state index in [0.29, 0.717) is 16.8 Å². The van der Waals surface area contributed by atoms with Crippen LogP contribution >= 0.6 is 11.3 Å². The Morgan fingerprint density at radius 2 is 1.52 bits per heavy atom. The van der Waals surface area contributed by atoms with Crippen LogP contribution in [0.2, 0.25) is 0 Å². The number of hydrogen-bond donors (Lipinski definition) is 2. The Balaban J connectivity index is 2.21. The molecule has 1 aromatic heterocycles. The van der Waals surface area contributed by atoms with Crippen molar-refractivity contribution in [1.82, 2.24) is 15.2 Å². The standard InChI is InChI=1S/C17H23N3O3S2/c1-9-10(2)12(4)17(13(5)11(9)3)25(22,23)20-19-16(21)7-15-8-24-14(6)18-15/h8,20H,7H2,1-6H3,(H,19,21). The van der Waals surface area contributed by atoms with Crippen molar-refractivity contribution in [3.05, 3.63) is 43.9 Å². The molecule has 25 heavy (non-hydrogen) atoms. The van der Waals surface area contributed by atoms with E-state index in [1.165, 1.54) is 11.3 Å². The SMILES string of the molecule is Cc1nc(CC(=O)NNS(=O)(=O)c2c(C)c(C)c(C)c(C)c2C)cs1. The molecular weight excluding hydrogens is 358 g/mol. The number of aryl methyl sites for hydroxylation is 1. The molecule has 0 aliphatic rings. The van der Waals surface area contributed by atoms with Crippen molar-refractivity contribution in [2.75, 3.05) is 0 Å². The predicted octanol–water partition coefficient (Wildman–Crippen LogP) is 2.55. The quantitative estimate of drug-likeness (QED) is 0.779. The number of hydrogen-bond acceptors (Lipinski definition) is 5.